The first-order valence-corrected chi connectivity index (χ1v) is 11.1. The molecular weight excluding hydrogens is 475 g/mol. The van der Waals surface area contributed by atoms with Gasteiger partial charge in [0.1, 0.15) is 0 Å². The molecule has 3 N–H and O–H groups in total. The van der Waals surface area contributed by atoms with Gasteiger partial charge in [-0.15, -0.1) is 24.0 Å². The van der Waals surface area contributed by atoms with Crippen LogP contribution in [-0.2, 0) is 9.53 Å². The smallest absolute Gasteiger partial charge is 0.223 e. The van der Waals surface area contributed by atoms with Crippen molar-refractivity contribution in [2.24, 2.45) is 10.9 Å². The van der Waals surface area contributed by atoms with Crippen molar-refractivity contribution in [2.45, 2.75) is 69.2 Å². The van der Waals surface area contributed by atoms with Gasteiger partial charge in [-0.25, -0.2) is 0 Å². The molecule has 1 aliphatic carbocycles. The molecule has 2 atom stereocenters. The van der Waals surface area contributed by atoms with E-state index in [-0.39, 0.29) is 46.6 Å². The Balaban J connectivity index is 0.00000364. The van der Waals surface area contributed by atoms with Crippen LogP contribution in [0.1, 0.15) is 52.4 Å². The van der Waals surface area contributed by atoms with Crippen molar-refractivity contribution in [3.8, 4) is 0 Å². The second-order valence-electron chi connectivity index (χ2n) is 7.79. The zero-order valence-electron chi connectivity index (χ0n) is 17.2. The van der Waals surface area contributed by atoms with Crippen LogP contribution in [-0.4, -0.2) is 61.8 Å². The average molecular weight is 513 g/mol. The summed E-state index contributed by atoms with van der Waals surface area (Å²) >= 11 is 1.92. The fourth-order valence-corrected chi connectivity index (χ4v) is 4.58. The number of carbonyl (C=O) groups is 1. The summed E-state index contributed by atoms with van der Waals surface area (Å²) in [4.78, 5) is 16.7. The molecule has 0 bridgehead atoms. The summed E-state index contributed by atoms with van der Waals surface area (Å²) in [5.41, 5.74) is 0. The number of aliphatic imine (C=N–C) groups is 1. The topological polar surface area (TPSA) is 74.8 Å². The Hall–Kier alpha value is -0.220. The lowest BCUT2D eigenvalue weighted by molar-refractivity contribution is -0.126. The van der Waals surface area contributed by atoms with Crippen LogP contribution in [0, 0.1) is 5.92 Å². The molecule has 0 radical (unpaired) electrons. The van der Waals surface area contributed by atoms with Gasteiger partial charge in [-0.05, 0) is 52.2 Å². The minimum Gasteiger partial charge on any atom is -0.381 e. The Morgan fingerprint density at radius 1 is 1.30 bits per heavy atom. The van der Waals surface area contributed by atoms with Crippen molar-refractivity contribution in [2.75, 3.05) is 33.1 Å². The van der Waals surface area contributed by atoms with Gasteiger partial charge in [0.05, 0.1) is 0 Å². The predicted octanol–water partition coefficient (Wildman–Crippen LogP) is 2.77. The molecule has 0 aromatic carbocycles. The molecule has 8 heteroatoms. The van der Waals surface area contributed by atoms with Gasteiger partial charge in [-0.1, -0.05) is 6.42 Å². The molecule has 1 heterocycles. The number of hydrogen-bond donors (Lipinski definition) is 3. The van der Waals surface area contributed by atoms with Gasteiger partial charge in [-0.2, -0.15) is 11.8 Å². The Morgan fingerprint density at radius 3 is 2.59 bits per heavy atom. The normalized spacial score (nSPS) is 25.4. The Labute approximate surface area is 185 Å². The van der Waals surface area contributed by atoms with Crippen molar-refractivity contribution in [3.63, 3.8) is 0 Å². The number of nitrogens with one attached hydrogen (secondary N) is 3. The highest BCUT2D eigenvalue weighted by Crippen LogP contribution is 2.33. The fraction of sp³-hybridized carbons (Fsp3) is 0.895. The third-order valence-corrected chi connectivity index (χ3v) is 6.87. The van der Waals surface area contributed by atoms with E-state index in [2.05, 4.69) is 27.2 Å². The highest BCUT2D eigenvalue weighted by atomic mass is 127. The standard InChI is InChI=1S/C19H36N4O2S.HI/c1-14(2)22-17(24)15-6-5-7-16(12-15)23-18(20-3)21-13-19(26-4)8-10-25-11-9-19;/h14-16H,5-13H2,1-4H3,(H,22,24)(H2,20,21,23);1H. The van der Waals surface area contributed by atoms with Gasteiger partial charge >= 0.3 is 0 Å². The van der Waals surface area contributed by atoms with Crippen molar-refractivity contribution in [3.05, 3.63) is 0 Å². The second-order valence-corrected chi connectivity index (χ2v) is 9.07. The van der Waals surface area contributed by atoms with Gasteiger partial charge in [0.15, 0.2) is 5.96 Å². The number of hydrogen-bond acceptors (Lipinski definition) is 4. The molecule has 0 spiro atoms. The molecule has 158 valence electrons. The molecule has 27 heavy (non-hydrogen) atoms. The van der Waals surface area contributed by atoms with Crippen LogP contribution in [0.15, 0.2) is 4.99 Å². The molecule has 2 unspecified atom stereocenters. The van der Waals surface area contributed by atoms with Gasteiger partial charge in [0.25, 0.3) is 0 Å². The molecular formula is C19H37IN4O2S. The predicted molar refractivity (Wildman–Crippen MR) is 125 cm³/mol. The van der Waals surface area contributed by atoms with Crippen LogP contribution >= 0.6 is 35.7 Å². The lowest BCUT2D eigenvalue weighted by atomic mass is 9.85. The summed E-state index contributed by atoms with van der Waals surface area (Å²) in [6.45, 7) is 6.59. The molecule has 1 amide bonds. The van der Waals surface area contributed by atoms with Crippen LogP contribution in [0.5, 0.6) is 0 Å². The third-order valence-electron chi connectivity index (χ3n) is 5.46. The van der Waals surface area contributed by atoms with Gasteiger partial charge in [-0.3, -0.25) is 9.79 Å². The number of rotatable bonds is 6. The van der Waals surface area contributed by atoms with Crippen LogP contribution in [0.4, 0.5) is 0 Å². The number of ether oxygens (including phenoxy) is 1. The van der Waals surface area contributed by atoms with E-state index in [1.54, 1.807) is 0 Å². The molecule has 2 rings (SSSR count). The second kappa shape index (κ2) is 12.4. The number of carbonyl (C=O) groups excluding carboxylic acids is 1. The zero-order chi connectivity index (χ0) is 19.0. The van der Waals surface area contributed by atoms with Crippen molar-refractivity contribution in [1.82, 2.24) is 16.0 Å². The maximum Gasteiger partial charge on any atom is 0.223 e. The van der Waals surface area contributed by atoms with E-state index in [1.165, 1.54) is 0 Å². The number of thioether (sulfide) groups is 1. The summed E-state index contributed by atoms with van der Waals surface area (Å²) in [6.07, 6.45) is 8.35. The van der Waals surface area contributed by atoms with Crippen molar-refractivity contribution >= 4 is 47.6 Å². The fourth-order valence-electron chi connectivity index (χ4n) is 3.79. The number of guanidine groups is 1. The third kappa shape index (κ3) is 7.97. The monoisotopic (exact) mass is 512 g/mol. The van der Waals surface area contributed by atoms with E-state index >= 15 is 0 Å². The molecule has 1 saturated heterocycles. The summed E-state index contributed by atoms with van der Waals surface area (Å²) in [7, 11) is 1.82. The highest BCUT2D eigenvalue weighted by Gasteiger charge is 2.32. The van der Waals surface area contributed by atoms with E-state index in [1.807, 2.05) is 32.7 Å². The van der Waals surface area contributed by atoms with E-state index < -0.39 is 0 Å². The first-order valence-electron chi connectivity index (χ1n) is 9.88. The van der Waals surface area contributed by atoms with Gasteiger partial charge in [0, 0.05) is 49.6 Å². The Morgan fingerprint density at radius 2 is 2.00 bits per heavy atom. The van der Waals surface area contributed by atoms with Crippen molar-refractivity contribution in [1.29, 1.82) is 0 Å². The Bertz CT molecular complexity index is 484. The summed E-state index contributed by atoms with van der Waals surface area (Å²) < 4.78 is 5.74. The summed E-state index contributed by atoms with van der Waals surface area (Å²) in [6, 6.07) is 0.505. The number of halogens is 1. The Kier molecular flexibility index (Phi) is 11.4. The van der Waals surface area contributed by atoms with Crippen LogP contribution in [0.25, 0.3) is 0 Å². The van der Waals surface area contributed by atoms with Gasteiger partial charge < -0.3 is 20.7 Å². The first kappa shape index (κ1) is 24.8. The van der Waals surface area contributed by atoms with Gasteiger partial charge in [0.2, 0.25) is 5.91 Å². The van der Waals surface area contributed by atoms with Crippen molar-refractivity contribution < 1.29 is 9.53 Å². The minimum atomic E-state index is 0. The molecule has 6 nitrogen and oxygen atoms in total. The quantitative estimate of drug-likeness (QED) is 0.290. The number of amides is 1. The number of nitrogens with zero attached hydrogens (tertiary/aromatic N) is 1. The lowest BCUT2D eigenvalue weighted by Crippen LogP contribution is -2.51. The SMILES string of the molecule is CN=C(NCC1(SC)CCOCC1)NC1CCCC(C(=O)NC(C)C)C1.I. The van der Waals surface area contributed by atoms with E-state index in [0.29, 0.717) is 6.04 Å². The largest absolute Gasteiger partial charge is 0.381 e. The van der Waals surface area contributed by atoms with E-state index in [9.17, 15) is 4.79 Å². The molecule has 0 aromatic rings. The summed E-state index contributed by atoms with van der Waals surface area (Å²) in [5.74, 6) is 1.15. The van der Waals surface area contributed by atoms with Crippen LogP contribution in [0.3, 0.4) is 0 Å². The first-order chi connectivity index (χ1) is 12.5. The average Bonchev–Trinajstić information content (AvgIpc) is 2.65. The zero-order valence-corrected chi connectivity index (χ0v) is 20.3. The minimum absolute atomic E-state index is 0. The maximum atomic E-state index is 12.3. The lowest BCUT2D eigenvalue weighted by Gasteiger charge is -2.37. The summed E-state index contributed by atoms with van der Waals surface area (Å²) in [5, 5.41) is 10.1. The highest BCUT2D eigenvalue weighted by molar-refractivity contribution is 14.0. The molecule has 2 fully saturated rings. The molecule has 0 aromatic heterocycles. The van der Waals surface area contributed by atoms with E-state index in [4.69, 9.17) is 4.74 Å². The maximum absolute atomic E-state index is 12.3. The molecule has 1 aliphatic heterocycles. The van der Waals surface area contributed by atoms with Crippen LogP contribution < -0.4 is 16.0 Å². The van der Waals surface area contributed by atoms with E-state index in [0.717, 1.165) is 64.2 Å². The molecule has 1 saturated carbocycles. The molecule has 2 aliphatic rings. The van der Waals surface area contributed by atoms with Crippen LogP contribution in [0.2, 0.25) is 0 Å².